The molecule has 0 spiro atoms. The van der Waals surface area contributed by atoms with Crippen LogP contribution in [0.25, 0.3) is 78.1 Å². The summed E-state index contributed by atoms with van der Waals surface area (Å²) in [4.78, 5) is 10.4. The zero-order valence-corrected chi connectivity index (χ0v) is 28.0. The highest BCUT2D eigenvalue weighted by Gasteiger charge is 2.41. The monoisotopic (exact) mass is 652 g/mol. The van der Waals surface area contributed by atoms with Crippen LogP contribution < -0.4 is 0 Å². The molecule has 0 saturated heterocycles. The minimum absolute atomic E-state index is 0.291. The van der Waals surface area contributed by atoms with E-state index in [9.17, 15) is 0 Å². The molecule has 2 heterocycles. The van der Waals surface area contributed by atoms with Crippen LogP contribution in [0.1, 0.15) is 23.6 Å². The fourth-order valence-corrected chi connectivity index (χ4v) is 8.12. The second-order valence-corrected chi connectivity index (χ2v) is 13.4. The molecule has 1 aliphatic carbocycles. The van der Waals surface area contributed by atoms with Gasteiger partial charge in [-0.3, -0.25) is 0 Å². The van der Waals surface area contributed by atoms with Crippen molar-refractivity contribution in [1.29, 1.82) is 0 Å². The van der Waals surface area contributed by atoms with Crippen molar-refractivity contribution in [2.45, 2.75) is 12.3 Å². The summed E-state index contributed by atoms with van der Waals surface area (Å²) in [6, 6.07) is 62.1. The average molecular weight is 653 g/mol. The molecular formula is C48H32N2O. The van der Waals surface area contributed by atoms with Crippen molar-refractivity contribution in [2.24, 2.45) is 0 Å². The Morgan fingerprint density at radius 1 is 0.451 bits per heavy atom. The maximum absolute atomic E-state index is 6.19. The summed E-state index contributed by atoms with van der Waals surface area (Å²) >= 11 is 0. The number of rotatable bonds is 5. The van der Waals surface area contributed by atoms with E-state index in [0.717, 1.165) is 61.1 Å². The van der Waals surface area contributed by atoms with Gasteiger partial charge in [-0.1, -0.05) is 158 Å². The molecule has 10 rings (SSSR count). The molecule has 1 unspecified atom stereocenters. The van der Waals surface area contributed by atoms with E-state index < -0.39 is 0 Å². The van der Waals surface area contributed by atoms with Crippen molar-refractivity contribution in [3.8, 4) is 56.2 Å². The van der Waals surface area contributed by atoms with Crippen LogP contribution >= 0.6 is 0 Å². The summed E-state index contributed by atoms with van der Waals surface area (Å²) in [6.07, 6.45) is 0. The second-order valence-electron chi connectivity index (χ2n) is 13.4. The first-order chi connectivity index (χ1) is 25.2. The summed E-state index contributed by atoms with van der Waals surface area (Å²) in [5.74, 6) is 0.705. The van der Waals surface area contributed by atoms with E-state index in [-0.39, 0.29) is 5.41 Å². The Balaban J connectivity index is 1.14. The number of fused-ring (bicyclic) bond motifs is 6. The molecule has 2 aromatic heterocycles. The van der Waals surface area contributed by atoms with Gasteiger partial charge in [0.1, 0.15) is 11.2 Å². The summed E-state index contributed by atoms with van der Waals surface area (Å²) < 4.78 is 6.19. The third-order valence-electron chi connectivity index (χ3n) is 10.6. The number of para-hydroxylation sites is 1. The summed E-state index contributed by atoms with van der Waals surface area (Å²) in [5.41, 5.74) is 15.1. The summed E-state index contributed by atoms with van der Waals surface area (Å²) in [6.45, 7) is 2.35. The molecule has 1 aliphatic rings. The molecule has 0 radical (unpaired) electrons. The second kappa shape index (κ2) is 11.5. The van der Waals surface area contributed by atoms with Gasteiger partial charge in [0.15, 0.2) is 5.82 Å². The topological polar surface area (TPSA) is 38.9 Å². The van der Waals surface area contributed by atoms with Crippen LogP contribution in [0.5, 0.6) is 0 Å². The van der Waals surface area contributed by atoms with Gasteiger partial charge in [0.25, 0.3) is 0 Å². The van der Waals surface area contributed by atoms with Crippen LogP contribution in [0.3, 0.4) is 0 Å². The number of benzene rings is 7. The number of hydrogen-bond acceptors (Lipinski definition) is 3. The van der Waals surface area contributed by atoms with Gasteiger partial charge >= 0.3 is 0 Å². The summed E-state index contributed by atoms with van der Waals surface area (Å²) in [7, 11) is 0. The lowest BCUT2D eigenvalue weighted by molar-refractivity contribution is 0.669. The van der Waals surface area contributed by atoms with E-state index in [2.05, 4.69) is 146 Å². The predicted octanol–water partition coefficient (Wildman–Crippen LogP) is 12.4. The maximum atomic E-state index is 6.19. The van der Waals surface area contributed by atoms with Gasteiger partial charge in [0.2, 0.25) is 0 Å². The van der Waals surface area contributed by atoms with Crippen LogP contribution in [0.15, 0.2) is 180 Å². The smallest absolute Gasteiger partial charge is 0.160 e. The van der Waals surface area contributed by atoms with Crippen molar-refractivity contribution in [1.82, 2.24) is 9.97 Å². The third-order valence-corrected chi connectivity index (χ3v) is 10.6. The van der Waals surface area contributed by atoms with Gasteiger partial charge in [-0.25, -0.2) is 9.97 Å². The van der Waals surface area contributed by atoms with Crippen LogP contribution in [0, 0.1) is 0 Å². The van der Waals surface area contributed by atoms with Crippen LogP contribution in [0.2, 0.25) is 0 Å². The molecule has 0 bridgehead atoms. The van der Waals surface area contributed by atoms with E-state index in [1.54, 1.807) is 0 Å². The highest BCUT2D eigenvalue weighted by molar-refractivity contribution is 6.12. The minimum atomic E-state index is -0.291. The fraction of sp³-hybridized carbons (Fsp3) is 0.0417. The Kier molecular flexibility index (Phi) is 6.62. The van der Waals surface area contributed by atoms with Gasteiger partial charge < -0.3 is 4.42 Å². The molecule has 0 aliphatic heterocycles. The molecule has 7 aromatic carbocycles. The SMILES string of the molecule is CC1(c2ccccc2)c2ccccc2-c2c(-c3cc(-c4ccc(-c5cccc6oc7ccccc7c56)cc4)nc(-c4ccccc4)n3)cccc21. The van der Waals surface area contributed by atoms with E-state index >= 15 is 0 Å². The number of nitrogens with zero attached hydrogens (tertiary/aromatic N) is 2. The van der Waals surface area contributed by atoms with E-state index in [1.807, 2.05) is 36.4 Å². The molecule has 0 N–H and O–H groups in total. The van der Waals surface area contributed by atoms with Crippen LogP contribution in [0.4, 0.5) is 0 Å². The lowest BCUT2D eigenvalue weighted by Gasteiger charge is -2.28. The molecule has 240 valence electrons. The highest BCUT2D eigenvalue weighted by atomic mass is 16.3. The van der Waals surface area contributed by atoms with E-state index in [1.165, 1.54) is 27.8 Å². The Labute approximate surface area is 296 Å². The predicted molar refractivity (Wildman–Crippen MR) is 208 cm³/mol. The molecule has 0 saturated carbocycles. The first-order valence-corrected chi connectivity index (χ1v) is 17.4. The zero-order valence-electron chi connectivity index (χ0n) is 28.0. The number of furan rings is 1. The molecule has 3 nitrogen and oxygen atoms in total. The van der Waals surface area contributed by atoms with Crippen molar-refractivity contribution in [2.75, 3.05) is 0 Å². The van der Waals surface area contributed by atoms with Crippen molar-refractivity contribution < 1.29 is 4.42 Å². The maximum Gasteiger partial charge on any atom is 0.160 e. The van der Waals surface area contributed by atoms with Gasteiger partial charge in [0, 0.05) is 32.9 Å². The normalized spacial score (nSPS) is 14.8. The molecule has 3 heteroatoms. The number of hydrogen-bond donors (Lipinski definition) is 0. The van der Waals surface area contributed by atoms with Crippen LogP contribution in [-0.4, -0.2) is 9.97 Å². The van der Waals surface area contributed by atoms with Crippen molar-refractivity contribution >= 4 is 21.9 Å². The number of aromatic nitrogens is 2. The summed E-state index contributed by atoms with van der Waals surface area (Å²) in [5, 5.41) is 2.26. The Morgan fingerprint density at radius 2 is 1.06 bits per heavy atom. The molecule has 9 aromatic rings. The van der Waals surface area contributed by atoms with Gasteiger partial charge in [-0.2, -0.15) is 0 Å². The lowest BCUT2D eigenvalue weighted by Crippen LogP contribution is -2.22. The zero-order chi connectivity index (χ0) is 33.9. The Bertz CT molecular complexity index is 2750. The van der Waals surface area contributed by atoms with Crippen molar-refractivity contribution in [3.05, 3.63) is 193 Å². The van der Waals surface area contributed by atoms with Gasteiger partial charge in [-0.05, 0) is 64.1 Å². The molecule has 0 fully saturated rings. The largest absolute Gasteiger partial charge is 0.456 e. The fourth-order valence-electron chi connectivity index (χ4n) is 8.12. The molecule has 1 atom stereocenters. The van der Waals surface area contributed by atoms with Crippen molar-refractivity contribution in [3.63, 3.8) is 0 Å². The first-order valence-electron chi connectivity index (χ1n) is 17.4. The van der Waals surface area contributed by atoms with Crippen LogP contribution in [-0.2, 0) is 5.41 Å². The average Bonchev–Trinajstić information content (AvgIpc) is 3.72. The van der Waals surface area contributed by atoms with E-state index in [0.29, 0.717) is 5.82 Å². The standard InChI is InChI=1S/C48H32N2O/c1-48(34-16-6-3-7-17-34)39-22-10-8-18-36(39)45-37(21-12-23-40(45)48)42-30-41(49-47(50-42)33-14-4-2-5-15-33)32-28-26-31(27-29-32)35-20-13-25-44-46(35)38-19-9-11-24-43(38)51-44/h2-30H,1H3. The molecule has 51 heavy (non-hydrogen) atoms. The minimum Gasteiger partial charge on any atom is -0.456 e. The first kappa shape index (κ1) is 29.3. The Hall–Kier alpha value is -6.58. The molecule has 0 amide bonds. The highest BCUT2D eigenvalue weighted by Crippen LogP contribution is 2.55. The quantitative estimate of drug-likeness (QED) is 0.186. The van der Waals surface area contributed by atoms with Gasteiger partial charge in [0.05, 0.1) is 11.4 Å². The molecular weight excluding hydrogens is 621 g/mol. The third kappa shape index (κ3) is 4.59. The Morgan fingerprint density at radius 3 is 1.90 bits per heavy atom. The van der Waals surface area contributed by atoms with E-state index in [4.69, 9.17) is 14.4 Å². The lowest BCUT2D eigenvalue weighted by atomic mass is 9.74. The van der Waals surface area contributed by atoms with Gasteiger partial charge in [-0.15, -0.1) is 0 Å².